The van der Waals surface area contributed by atoms with Gasteiger partial charge in [0.2, 0.25) is 0 Å². The zero-order valence-electron chi connectivity index (χ0n) is 14.8. The molecule has 28 heavy (non-hydrogen) atoms. The fourth-order valence-electron chi connectivity index (χ4n) is 2.43. The van der Waals surface area contributed by atoms with Crippen molar-refractivity contribution in [1.29, 1.82) is 0 Å². The molecule has 5 atom stereocenters. The number of nitrogens with two attached hydrogens (primary N) is 1. The van der Waals surface area contributed by atoms with Gasteiger partial charge in [0, 0.05) is 6.42 Å². The topological polar surface area (TPSA) is 218 Å². The largest absolute Gasteiger partial charge is 1.00 e. The van der Waals surface area contributed by atoms with Gasteiger partial charge in [0.1, 0.15) is 24.2 Å². The summed E-state index contributed by atoms with van der Waals surface area (Å²) < 4.78 is 36.5. The number of phosphoric ester groups is 1. The number of aromatic nitrogens is 4. The third-order valence-electron chi connectivity index (χ3n) is 3.50. The van der Waals surface area contributed by atoms with E-state index < -0.39 is 40.7 Å². The van der Waals surface area contributed by atoms with Crippen LogP contribution < -0.4 is 74.6 Å². The molecule has 3 rings (SSSR count). The van der Waals surface area contributed by atoms with Crippen molar-refractivity contribution in [2.24, 2.45) is 0 Å². The molecule has 144 valence electrons. The van der Waals surface area contributed by atoms with E-state index in [2.05, 4.69) is 23.8 Å². The molecule has 0 spiro atoms. The van der Waals surface area contributed by atoms with Gasteiger partial charge in [-0.1, -0.05) is 0 Å². The van der Waals surface area contributed by atoms with Gasteiger partial charge < -0.3 is 34.8 Å². The van der Waals surface area contributed by atoms with Crippen LogP contribution in [0.15, 0.2) is 12.7 Å². The Hall–Kier alpha value is 0.530. The van der Waals surface area contributed by atoms with E-state index in [1.165, 1.54) is 17.2 Å². The van der Waals surface area contributed by atoms with Gasteiger partial charge in [-0.25, -0.2) is 19.3 Å². The number of imidazole rings is 1. The number of nitrogen functional groups attached to an aromatic ring is 1. The summed E-state index contributed by atoms with van der Waals surface area (Å²) in [6, 6.07) is 0. The van der Waals surface area contributed by atoms with Crippen molar-refractivity contribution in [3.8, 4) is 0 Å². The number of fused-ring (bicyclic) bond motifs is 1. The zero-order valence-corrected chi connectivity index (χ0v) is 20.6. The Balaban J connectivity index is 0.00000196. The van der Waals surface area contributed by atoms with Crippen molar-refractivity contribution < 1.29 is 102 Å². The first-order chi connectivity index (χ1) is 12.1. The smallest absolute Gasteiger partial charge is 0.756 e. The minimum Gasteiger partial charge on any atom is -0.756 e. The Bertz CT molecular complexity index is 911. The van der Waals surface area contributed by atoms with Gasteiger partial charge in [0.25, 0.3) is 15.6 Å². The molecule has 0 aliphatic carbocycles. The maximum atomic E-state index is 11.3. The Kier molecular flexibility index (Phi) is 9.70. The van der Waals surface area contributed by atoms with Crippen molar-refractivity contribution in [2.75, 3.05) is 12.3 Å². The van der Waals surface area contributed by atoms with Crippen molar-refractivity contribution in [3.63, 3.8) is 0 Å². The molecule has 1 saturated heterocycles. The quantitative estimate of drug-likeness (QED) is 0.273. The summed E-state index contributed by atoms with van der Waals surface area (Å²) in [6.07, 6.45) is -0.362. The number of aliphatic hydroxyl groups is 1. The average Bonchev–Trinajstić information content (AvgIpc) is 3.07. The van der Waals surface area contributed by atoms with Crippen LogP contribution in [0.4, 0.5) is 5.82 Å². The number of aliphatic hydroxyl groups excluding tert-OH is 1. The molecule has 0 amide bonds. The van der Waals surface area contributed by atoms with Crippen LogP contribution in [0.5, 0.6) is 0 Å². The molecule has 2 aromatic heterocycles. The van der Waals surface area contributed by atoms with Gasteiger partial charge in [-0.05, 0) is 0 Å². The Labute approximate surface area is 202 Å². The van der Waals surface area contributed by atoms with Crippen molar-refractivity contribution in [2.45, 2.75) is 24.9 Å². The molecular formula is C10H13N5Na2O9P2. The summed E-state index contributed by atoms with van der Waals surface area (Å²) in [6.45, 7) is -0.734. The Morgan fingerprint density at radius 2 is 2.00 bits per heavy atom. The van der Waals surface area contributed by atoms with Gasteiger partial charge in [-0.15, -0.1) is 0 Å². The van der Waals surface area contributed by atoms with Crippen LogP contribution in [0.25, 0.3) is 11.2 Å². The second-order valence-electron chi connectivity index (χ2n) is 5.31. The van der Waals surface area contributed by atoms with E-state index in [1.807, 2.05) is 0 Å². The molecular weight excluding hydrogens is 442 g/mol. The first kappa shape index (κ1) is 26.6. The number of rotatable bonds is 6. The van der Waals surface area contributed by atoms with Gasteiger partial charge >= 0.3 is 59.1 Å². The van der Waals surface area contributed by atoms with Crippen LogP contribution in [-0.2, 0) is 22.7 Å². The molecule has 0 saturated carbocycles. The fourth-order valence-corrected chi connectivity index (χ4v) is 3.96. The van der Waals surface area contributed by atoms with Crippen LogP contribution in [0.2, 0.25) is 0 Å². The zero-order chi connectivity index (χ0) is 19.1. The fraction of sp³-hybridized carbons (Fsp3) is 0.500. The molecule has 2 aromatic rings. The average molecular weight is 455 g/mol. The van der Waals surface area contributed by atoms with E-state index in [4.69, 9.17) is 15.4 Å². The van der Waals surface area contributed by atoms with E-state index >= 15 is 0 Å². The second kappa shape index (κ2) is 10.2. The van der Waals surface area contributed by atoms with Crippen LogP contribution in [-0.4, -0.2) is 48.3 Å². The summed E-state index contributed by atoms with van der Waals surface area (Å²) in [5, 5.41) is 10.0. The number of phosphoric acid groups is 2. The van der Waals surface area contributed by atoms with Crippen LogP contribution in [0.3, 0.4) is 0 Å². The third-order valence-corrected chi connectivity index (χ3v) is 5.59. The number of anilines is 1. The van der Waals surface area contributed by atoms with Crippen LogP contribution in [0.1, 0.15) is 12.6 Å². The Morgan fingerprint density at radius 1 is 1.32 bits per heavy atom. The van der Waals surface area contributed by atoms with E-state index in [-0.39, 0.29) is 71.4 Å². The molecule has 0 radical (unpaired) electrons. The van der Waals surface area contributed by atoms with Gasteiger partial charge in [0.05, 0.1) is 19.0 Å². The van der Waals surface area contributed by atoms with Gasteiger partial charge in [0.15, 0.2) is 11.5 Å². The normalized spacial score (nSPS) is 26.1. The van der Waals surface area contributed by atoms with E-state index in [0.717, 1.165) is 0 Å². The van der Waals surface area contributed by atoms with Crippen LogP contribution in [0, 0.1) is 0 Å². The summed E-state index contributed by atoms with van der Waals surface area (Å²) in [4.78, 5) is 42.0. The maximum Gasteiger partial charge on any atom is 1.00 e. The van der Waals surface area contributed by atoms with Gasteiger partial charge in [-0.3, -0.25) is 13.7 Å². The summed E-state index contributed by atoms with van der Waals surface area (Å²) in [7, 11) is -10.9. The number of hydrogen-bond donors (Lipinski definition) is 3. The number of hydrogen-bond acceptors (Lipinski definition) is 12. The SMILES string of the molecule is Nc1ncnc2c1ncn2[C@@H]1C[C@@H](O)[C@H](COP(=O)([O-])OP(=O)([O-])O)O1.[Na+].[Na+]. The molecule has 1 fully saturated rings. The predicted molar refractivity (Wildman–Crippen MR) is 78.7 cm³/mol. The summed E-state index contributed by atoms with van der Waals surface area (Å²) >= 11 is 0. The molecule has 0 aromatic carbocycles. The van der Waals surface area contributed by atoms with Crippen LogP contribution >= 0.6 is 15.6 Å². The van der Waals surface area contributed by atoms with E-state index in [9.17, 15) is 24.0 Å². The predicted octanol–water partition coefficient (Wildman–Crippen LogP) is -7.97. The van der Waals surface area contributed by atoms with Crippen molar-refractivity contribution in [1.82, 2.24) is 19.5 Å². The number of nitrogens with zero attached hydrogens (tertiary/aromatic N) is 4. The third kappa shape index (κ3) is 6.51. The molecule has 3 heterocycles. The first-order valence-electron chi connectivity index (χ1n) is 7.03. The van der Waals surface area contributed by atoms with Crippen molar-refractivity contribution >= 4 is 32.6 Å². The molecule has 1 aliphatic rings. The van der Waals surface area contributed by atoms with E-state index in [1.54, 1.807) is 0 Å². The summed E-state index contributed by atoms with van der Waals surface area (Å²) in [5.74, 6) is 0.155. The summed E-state index contributed by atoms with van der Waals surface area (Å²) in [5.41, 5.74) is 6.36. The second-order valence-corrected chi connectivity index (χ2v) is 8.05. The maximum absolute atomic E-state index is 11.3. The first-order valence-corrected chi connectivity index (χ1v) is 9.98. The van der Waals surface area contributed by atoms with Gasteiger partial charge in [-0.2, -0.15) is 0 Å². The van der Waals surface area contributed by atoms with Crippen molar-refractivity contribution in [3.05, 3.63) is 12.7 Å². The molecule has 18 heteroatoms. The monoisotopic (exact) mass is 455 g/mol. The number of ether oxygens (including phenoxy) is 1. The Morgan fingerprint density at radius 3 is 2.64 bits per heavy atom. The minimum atomic E-state index is -5.54. The molecule has 14 nitrogen and oxygen atoms in total. The standard InChI is InChI=1S/C10H15N5O9P2.2Na/c11-9-8-10(13-3-12-9)15(4-14-8)7-1-5(16)6(23-7)2-22-26(20,21)24-25(17,18)19;;/h3-7,16H,1-2H2,(H,20,21)(H2,11,12,13)(H2,17,18,19);;/q;2*+1/p-2/t5-,6+,7+;;/m1../s1. The van der Waals surface area contributed by atoms with E-state index in [0.29, 0.717) is 11.2 Å². The molecule has 1 aliphatic heterocycles. The molecule has 4 N–H and O–H groups in total. The molecule has 2 unspecified atom stereocenters. The minimum absolute atomic E-state index is 0. The molecule has 0 bridgehead atoms.